The zero-order valence-corrected chi connectivity index (χ0v) is 11.9. The second-order valence-electron chi connectivity index (χ2n) is 4.45. The molecular formula is C11H14ClN3O3S. The van der Waals surface area contributed by atoms with Crippen molar-refractivity contribution < 1.29 is 13.2 Å². The lowest BCUT2D eigenvalue weighted by Gasteiger charge is -2.29. The minimum Gasteiger partial charge on any atom is -0.344 e. The predicted octanol–water partition coefficient (Wildman–Crippen LogP) is 0.634. The number of pyridine rings is 1. The van der Waals surface area contributed by atoms with Crippen LogP contribution in [0.5, 0.6) is 0 Å². The monoisotopic (exact) mass is 303 g/mol. The fourth-order valence-corrected chi connectivity index (χ4v) is 3.23. The Kier molecular flexibility index (Phi) is 4.07. The smallest absolute Gasteiger partial charge is 0.242 e. The van der Waals surface area contributed by atoms with Crippen LogP contribution in [0, 0.1) is 0 Å². The number of carbonyl (C=O) groups excluding carboxylic acids is 1. The number of nitrogens with one attached hydrogen (secondary N) is 1. The Morgan fingerprint density at radius 3 is 2.79 bits per heavy atom. The molecule has 1 amide bonds. The Morgan fingerprint density at radius 1 is 1.47 bits per heavy atom. The molecule has 1 atom stereocenters. The topological polar surface area (TPSA) is 79.4 Å². The molecule has 0 aliphatic carbocycles. The summed E-state index contributed by atoms with van der Waals surface area (Å²) in [6.07, 6.45) is 2.06. The normalized spacial score (nSPS) is 20.6. The third kappa shape index (κ3) is 3.43. The largest absolute Gasteiger partial charge is 0.344 e. The summed E-state index contributed by atoms with van der Waals surface area (Å²) in [4.78, 5) is 16.7. The van der Waals surface area contributed by atoms with E-state index in [0.29, 0.717) is 19.4 Å². The highest BCUT2D eigenvalue weighted by Crippen LogP contribution is 2.15. The van der Waals surface area contributed by atoms with Gasteiger partial charge in [-0.1, -0.05) is 11.6 Å². The van der Waals surface area contributed by atoms with Crippen molar-refractivity contribution in [3.05, 3.63) is 23.5 Å². The highest BCUT2D eigenvalue weighted by Gasteiger charge is 2.27. The Bertz CT molecular complexity index is 573. The first-order valence-electron chi connectivity index (χ1n) is 5.76. The van der Waals surface area contributed by atoms with Gasteiger partial charge in [-0.25, -0.2) is 18.1 Å². The van der Waals surface area contributed by atoms with Gasteiger partial charge in [-0.3, -0.25) is 4.79 Å². The lowest BCUT2D eigenvalue weighted by molar-refractivity contribution is -0.132. The van der Waals surface area contributed by atoms with Crippen LogP contribution in [-0.2, 0) is 14.8 Å². The maximum absolute atomic E-state index is 12.1. The molecule has 104 valence electrons. The molecule has 0 radical (unpaired) electrons. The van der Waals surface area contributed by atoms with E-state index in [0.717, 1.165) is 0 Å². The Hall–Kier alpha value is -1.18. The fourth-order valence-electron chi connectivity index (χ4n) is 1.92. The maximum Gasteiger partial charge on any atom is 0.242 e. The quantitative estimate of drug-likeness (QED) is 0.831. The van der Waals surface area contributed by atoms with Crippen molar-refractivity contribution >= 4 is 27.5 Å². The van der Waals surface area contributed by atoms with E-state index in [1.807, 2.05) is 0 Å². The van der Waals surface area contributed by atoms with Crippen LogP contribution in [0.1, 0.15) is 12.8 Å². The van der Waals surface area contributed by atoms with E-state index < -0.39 is 10.0 Å². The second-order valence-corrected chi connectivity index (χ2v) is 6.55. The second kappa shape index (κ2) is 5.44. The van der Waals surface area contributed by atoms with Crippen molar-refractivity contribution in [2.45, 2.75) is 23.8 Å². The number of halogens is 1. The highest BCUT2D eigenvalue weighted by atomic mass is 35.5. The molecule has 6 nitrogen and oxygen atoms in total. The average Bonchev–Trinajstić information content (AvgIpc) is 2.34. The van der Waals surface area contributed by atoms with Crippen LogP contribution < -0.4 is 4.72 Å². The molecule has 1 aromatic rings. The molecule has 19 heavy (non-hydrogen) atoms. The van der Waals surface area contributed by atoms with Gasteiger partial charge in [0.1, 0.15) is 10.0 Å². The van der Waals surface area contributed by atoms with Crippen molar-refractivity contribution in [1.82, 2.24) is 14.6 Å². The number of aromatic nitrogens is 1. The summed E-state index contributed by atoms with van der Waals surface area (Å²) in [6, 6.07) is 2.55. The third-order valence-corrected chi connectivity index (χ3v) is 4.69. The molecule has 1 unspecified atom stereocenters. The van der Waals surface area contributed by atoms with E-state index in [-0.39, 0.29) is 22.0 Å². The molecule has 1 N–H and O–H groups in total. The van der Waals surface area contributed by atoms with Gasteiger partial charge in [0, 0.05) is 32.3 Å². The molecule has 1 aliphatic heterocycles. The van der Waals surface area contributed by atoms with Crippen molar-refractivity contribution in [1.29, 1.82) is 0 Å². The minimum atomic E-state index is -3.63. The van der Waals surface area contributed by atoms with E-state index in [1.54, 1.807) is 7.05 Å². The zero-order valence-electron chi connectivity index (χ0n) is 10.3. The summed E-state index contributed by atoms with van der Waals surface area (Å²) in [7, 11) is -1.97. The molecule has 0 saturated carbocycles. The van der Waals surface area contributed by atoms with Gasteiger partial charge in [-0.05, 0) is 18.6 Å². The minimum absolute atomic E-state index is 0.0311. The lowest BCUT2D eigenvalue weighted by Crippen LogP contribution is -2.48. The Morgan fingerprint density at radius 2 is 2.21 bits per heavy atom. The van der Waals surface area contributed by atoms with Crippen LogP contribution in [-0.4, -0.2) is 43.8 Å². The fraction of sp³-hybridized carbons (Fsp3) is 0.455. The van der Waals surface area contributed by atoms with Gasteiger partial charge in [-0.2, -0.15) is 0 Å². The number of hydrogen-bond donors (Lipinski definition) is 1. The van der Waals surface area contributed by atoms with Gasteiger partial charge in [0.2, 0.25) is 15.9 Å². The number of hydrogen-bond acceptors (Lipinski definition) is 4. The Labute approximate surface area is 116 Å². The van der Waals surface area contributed by atoms with Gasteiger partial charge >= 0.3 is 0 Å². The van der Waals surface area contributed by atoms with E-state index in [2.05, 4.69) is 9.71 Å². The number of sulfonamides is 1. The summed E-state index contributed by atoms with van der Waals surface area (Å²) in [5.74, 6) is 0.0311. The van der Waals surface area contributed by atoms with Crippen molar-refractivity contribution in [2.75, 3.05) is 13.6 Å². The average molecular weight is 304 g/mol. The molecule has 1 fully saturated rings. The van der Waals surface area contributed by atoms with E-state index in [1.165, 1.54) is 23.2 Å². The van der Waals surface area contributed by atoms with Gasteiger partial charge in [-0.15, -0.1) is 0 Å². The van der Waals surface area contributed by atoms with Gasteiger partial charge in [0.25, 0.3) is 0 Å². The van der Waals surface area contributed by atoms with Gasteiger partial charge < -0.3 is 4.90 Å². The van der Waals surface area contributed by atoms with E-state index in [9.17, 15) is 13.2 Å². The Balaban J connectivity index is 2.09. The molecule has 2 rings (SSSR count). The predicted molar refractivity (Wildman–Crippen MR) is 70.2 cm³/mol. The summed E-state index contributed by atoms with van der Waals surface area (Å²) in [5.41, 5.74) is 0. The first kappa shape index (κ1) is 14.2. The van der Waals surface area contributed by atoms with Crippen molar-refractivity contribution in [2.24, 2.45) is 0 Å². The molecular weight excluding hydrogens is 290 g/mol. The van der Waals surface area contributed by atoms with E-state index >= 15 is 0 Å². The third-order valence-electron chi connectivity index (χ3n) is 2.96. The summed E-state index contributed by atoms with van der Waals surface area (Å²) in [5, 5.41) is 0.238. The first-order chi connectivity index (χ1) is 8.88. The summed E-state index contributed by atoms with van der Waals surface area (Å²) < 4.78 is 26.8. The van der Waals surface area contributed by atoms with Gasteiger partial charge in [0.05, 0.1) is 0 Å². The van der Waals surface area contributed by atoms with Crippen LogP contribution in [0.15, 0.2) is 23.2 Å². The number of likely N-dealkylation sites (tertiary alicyclic amines) is 1. The molecule has 1 saturated heterocycles. The number of amides is 1. The SMILES string of the molecule is CN1CC(NS(=O)(=O)c2ccc(Cl)nc2)CCC1=O. The number of likely N-dealkylation sites (N-methyl/N-ethyl adjacent to an activating group) is 1. The van der Waals surface area contributed by atoms with Crippen LogP contribution in [0.25, 0.3) is 0 Å². The zero-order chi connectivity index (χ0) is 14.0. The molecule has 1 aliphatic rings. The van der Waals surface area contributed by atoms with Crippen molar-refractivity contribution in [3.63, 3.8) is 0 Å². The number of piperidine rings is 1. The molecule has 8 heteroatoms. The lowest BCUT2D eigenvalue weighted by atomic mass is 10.1. The van der Waals surface area contributed by atoms with Crippen LogP contribution in [0.2, 0.25) is 5.15 Å². The molecule has 0 spiro atoms. The van der Waals surface area contributed by atoms with Gasteiger partial charge in [0.15, 0.2) is 0 Å². The number of nitrogens with zero attached hydrogens (tertiary/aromatic N) is 2. The van der Waals surface area contributed by atoms with Crippen molar-refractivity contribution in [3.8, 4) is 0 Å². The number of carbonyl (C=O) groups is 1. The van der Waals surface area contributed by atoms with E-state index in [4.69, 9.17) is 11.6 Å². The molecule has 0 bridgehead atoms. The van der Waals surface area contributed by atoms with Crippen LogP contribution in [0.4, 0.5) is 0 Å². The summed E-state index contributed by atoms with van der Waals surface area (Å²) in [6.45, 7) is 0.374. The summed E-state index contributed by atoms with van der Waals surface area (Å²) >= 11 is 5.62. The molecule has 0 aromatic carbocycles. The standard InChI is InChI=1S/C11H14ClN3O3S/c1-15-7-8(2-5-11(15)16)14-19(17,18)9-3-4-10(12)13-6-9/h3-4,6,8,14H,2,5,7H2,1H3. The van der Waals surface area contributed by atoms with Crippen LogP contribution >= 0.6 is 11.6 Å². The van der Waals surface area contributed by atoms with Crippen LogP contribution in [0.3, 0.4) is 0 Å². The molecule has 2 heterocycles. The molecule has 1 aromatic heterocycles. The first-order valence-corrected chi connectivity index (χ1v) is 7.62. The number of rotatable bonds is 3. The highest BCUT2D eigenvalue weighted by molar-refractivity contribution is 7.89. The maximum atomic E-state index is 12.1.